The number of nitrogens with one attached hydrogen (secondary N) is 3. The topological polar surface area (TPSA) is 86.9 Å². The lowest BCUT2D eigenvalue weighted by molar-refractivity contribution is -0.117. The number of halogens is 2. The van der Waals surface area contributed by atoms with Gasteiger partial charge in [0.2, 0.25) is 5.91 Å². The molecular weight excluding hydrogens is 398 g/mol. The lowest BCUT2D eigenvalue weighted by Crippen LogP contribution is -2.14. The SMILES string of the molecule is CCCS(=O)Nc1c(F)cc(-c2cc(NC(=O)C3CC3)nc3[nH]ccc23)cc1F. The number of rotatable bonds is 7. The minimum Gasteiger partial charge on any atom is -0.346 e. The molecule has 0 saturated heterocycles. The Kier molecular flexibility index (Phi) is 5.31. The van der Waals surface area contributed by atoms with E-state index in [-0.39, 0.29) is 11.8 Å². The Morgan fingerprint density at radius 3 is 2.66 bits per heavy atom. The highest BCUT2D eigenvalue weighted by atomic mass is 32.2. The second-order valence-corrected chi connectivity index (χ2v) is 8.33. The standard InChI is InChI=1S/C20H20F2N4O2S/c1-2-7-29(28)26-18-15(21)8-12(9-16(18)22)14-10-17(25-20(27)11-3-4-11)24-19-13(14)5-6-23-19/h5-6,8-11,26H,2-4,7H2,1H3,(H2,23,24,25,27). The van der Waals surface area contributed by atoms with Gasteiger partial charge >= 0.3 is 0 Å². The predicted octanol–water partition coefficient (Wildman–Crippen LogP) is 4.34. The number of aromatic nitrogens is 2. The van der Waals surface area contributed by atoms with Gasteiger partial charge in [-0.05, 0) is 54.7 Å². The van der Waals surface area contributed by atoms with Crippen LogP contribution in [0.15, 0.2) is 30.5 Å². The van der Waals surface area contributed by atoms with E-state index in [1.807, 2.05) is 6.92 Å². The quantitative estimate of drug-likeness (QED) is 0.533. The summed E-state index contributed by atoms with van der Waals surface area (Å²) >= 11 is 0. The Bertz CT molecular complexity index is 1090. The first-order valence-electron chi connectivity index (χ1n) is 9.39. The van der Waals surface area contributed by atoms with E-state index in [1.54, 1.807) is 18.3 Å². The summed E-state index contributed by atoms with van der Waals surface area (Å²) in [5, 5.41) is 3.44. The van der Waals surface area contributed by atoms with Gasteiger partial charge in [0.25, 0.3) is 0 Å². The number of H-pyrrole nitrogens is 1. The van der Waals surface area contributed by atoms with Gasteiger partial charge in [-0.1, -0.05) is 6.92 Å². The number of hydrogen-bond acceptors (Lipinski definition) is 3. The lowest BCUT2D eigenvalue weighted by atomic mass is 10.0. The first-order valence-corrected chi connectivity index (χ1v) is 10.7. The van der Waals surface area contributed by atoms with Crippen LogP contribution in [0.25, 0.3) is 22.2 Å². The summed E-state index contributed by atoms with van der Waals surface area (Å²) in [4.78, 5) is 19.4. The number of anilines is 2. The molecule has 2 aromatic heterocycles. The highest BCUT2D eigenvalue weighted by Gasteiger charge is 2.30. The zero-order valence-corrected chi connectivity index (χ0v) is 16.5. The fourth-order valence-electron chi connectivity index (χ4n) is 3.09. The van der Waals surface area contributed by atoms with Crippen molar-refractivity contribution in [2.45, 2.75) is 26.2 Å². The Labute approximate surface area is 168 Å². The van der Waals surface area contributed by atoms with Crippen LogP contribution in [0.2, 0.25) is 0 Å². The molecule has 1 fully saturated rings. The van der Waals surface area contributed by atoms with Crippen molar-refractivity contribution in [3.63, 3.8) is 0 Å². The third-order valence-corrected chi connectivity index (χ3v) is 5.90. The van der Waals surface area contributed by atoms with Crippen LogP contribution >= 0.6 is 0 Å². The molecule has 1 amide bonds. The molecule has 1 aliphatic rings. The van der Waals surface area contributed by atoms with Crippen LogP contribution in [-0.2, 0) is 15.8 Å². The molecule has 9 heteroatoms. The minimum absolute atomic E-state index is 0.00354. The van der Waals surface area contributed by atoms with E-state index in [2.05, 4.69) is 20.0 Å². The summed E-state index contributed by atoms with van der Waals surface area (Å²) < 4.78 is 43.5. The van der Waals surface area contributed by atoms with E-state index in [9.17, 15) is 17.8 Å². The van der Waals surface area contributed by atoms with Crippen molar-refractivity contribution < 1.29 is 17.8 Å². The van der Waals surface area contributed by atoms with Gasteiger partial charge < -0.3 is 10.3 Å². The summed E-state index contributed by atoms with van der Waals surface area (Å²) in [5.41, 5.74) is 0.907. The molecule has 1 saturated carbocycles. The average molecular weight is 418 g/mol. The summed E-state index contributed by atoms with van der Waals surface area (Å²) in [6.45, 7) is 1.83. The number of hydrogen-bond donors (Lipinski definition) is 3. The van der Waals surface area contributed by atoms with E-state index in [1.165, 1.54) is 12.1 Å². The van der Waals surface area contributed by atoms with Gasteiger partial charge in [0.1, 0.15) is 28.1 Å². The zero-order valence-electron chi connectivity index (χ0n) is 15.7. The van der Waals surface area contributed by atoms with Crippen molar-refractivity contribution in [3.05, 3.63) is 42.1 Å². The van der Waals surface area contributed by atoms with Gasteiger partial charge in [-0.2, -0.15) is 0 Å². The largest absolute Gasteiger partial charge is 0.346 e. The van der Waals surface area contributed by atoms with Crippen molar-refractivity contribution in [3.8, 4) is 11.1 Å². The first-order chi connectivity index (χ1) is 14.0. The maximum atomic E-state index is 14.6. The number of benzene rings is 1. The molecule has 1 aromatic carbocycles. The molecular formula is C20H20F2N4O2S. The fourth-order valence-corrected chi connectivity index (χ4v) is 3.99. The molecule has 0 aliphatic heterocycles. The third-order valence-electron chi connectivity index (χ3n) is 4.69. The van der Waals surface area contributed by atoms with E-state index in [0.717, 1.165) is 12.8 Å². The zero-order chi connectivity index (χ0) is 20.5. The smallest absolute Gasteiger partial charge is 0.228 e. The van der Waals surface area contributed by atoms with E-state index in [0.29, 0.717) is 40.2 Å². The molecule has 152 valence electrons. The van der Waals surface area contributed by atoms with E-state index in [4.69, 9.17) is 0 Å². The summed E-state index contributed by atoms with van der Waals surface area (Å²) in [6.07, 6.45) is 4.00. The second kappa shape index (κ2) is 7.90. The second-order valence-electron chi connectivity index (χ2n) is 7.03. The third kappa shape index (κ3) is 4.14. The molecule has 2 heterocycles. The number of carbonyl (C=O) groups excluding carboxylic acids is 1. The molecule has 1 atom stereocenters. The number of pyridine rings is 1. The molecule has 1 aliphatic carbocycles. The Hall–Kier alpha value is -2.81. The normalized spacial score (nSPS) is 14.7. The highest BCUT2D eigenvalue weighted by molar-refractivity contribution is 7.86. The van der Waals surface area contributed by atoms with Crippen molar-refractivity contribution in [2.24, 2.45) is 5.92 Å². The number of carbonyl (C=O) groups is 1. The summed E-state index contributed by atoms with van der Waals surface area (Å²) in [7, 11) is -1.56. The predicted molar refractivity (Wildman–Crippen MR) is 110 cm³/mol. The van der Waals surface area contributed by atoms with Crippen LogP contribution in [0.3, 0.4) is 0 Å². The number of aromatic amines is 1. The summed E-state index contributed by atoms with van der Waals surface area (Å²) in [6, 6.07) is 5.72. The van der Waals surface area contributed by atoms with Crippen LogP contribution in [0.1, 0.15) is 26.2 Å². The van der Waals surface area contributed by atoms with Crippen molar-refractivity contribution in [1.29, 1.82) is 0 Å². The molecule has 4 rings (SSSR count). The number of amides is 1. The van der Waals surface area contributed by atoms with Gasteiger partial charge in [0.05, 0.1) is 0 Å². The Balaban J connectivity index is 1.72. The van der Waals surface area contributed by atoms with Gasteiger partial charge in [0, 0.05) is 23.3 Å². The monoisotopic (exact) mass is 418 g/mol. The van der Waals surface area contributed by atoms with Crippen molar-refractivity contribution >= 4 is 39.4 Å². The van der Waals surface area contributed by atoms with Gasteiger partial charge in [-0.15, -0.1) is 0 Å². The van der Waals surface area contributed by atoms with Crippen molar-refractivity contribution in [1.82, 2.24) is 9.97 Å². The number of fused-ring (bicyclic) bond motifs is 1. The number of nitrogens with zero attached hydrogens (tertiary/aromatic N) is 1. The summed E-state index contributed by atoms with van der Waals surface area (Å²) in [5.74, 6) is -1.17. The van der Waals surface area contributed by atoms with Crippen LogP contribution in [-0.4, -0.2) is 25.8 Å². The van der Waals surface area contributed by atoms with Crippen molar-refractivity contribution in [2.75, 3.05) is 15.8 Å². The van der Waals surface area contributed by atoms with E-state index >= 15 is 0 Å². The molecule has 3 N–H and O–H groups in total. The van der Waals surface area contributed by atoms with E-state index < -0.39 is 28.3 Å². The maximum absolute atomic E-state index is 14.6. The highest BCUT2D eigenvalue weighted by Crippen LogP contribution is 2.34. The lowest BCUT2D eigenvalue weighted by Gasteiger charge is -2.12. The van der Waals surface area contributed by atoms with Crippen LogP contribution in [0.4, 0.5) is 20.3 Å². The van der Waals surface area contributed by atoms with Gasteiger partial charge in [-0.3, -0.25) is 9.52 Å². The Morgan fingerprint density at radius 2 is 2.00 bits per heavy atom. The molecule has 3 aromatic rings. The maximum Gasteiger partial charge on any atom is 0.228 e. The Morgan fingerprint density at radius 1 is 1.28 bits per heavy atom. The molecule has 6 nitrogen and oxygen atoms in total. The van der Waals surface area contributed by atoms with Gasteiger partial charge in [-0.25, -0.2) is 18.0 Å². The average Bonchev–Trinajstić information content (AvgIpc) is 3.42. The molecule has 29 heavy (non-hydrogen) atoms. The van der Waals surface area contributed by atoms with Crippen LogP contribution < -0.4 is 10.0 Å². The van der Waals surface area contributed by atoms with Crippen LogP contribution in [0, 0.1) is 17.6 Å². The molecule has 0 radical (unpaired) electrons. The molecule has 1 unspecified atom stereocenters. The fraction of sp³-hybridized carbons (Fsp3) is 0.300. The molecule has 0 bridgehead atoms. The molecule has 0 spiro atoms. The minimum atomic E-state index is -1.56. The van der Waals surface area contributed by atoms with Crippen LogP contribution in [0.5, 0.6) is 0 Å². The first kappa shape index (κ1) is 19.5. The van der Waals surface area contributed by atoms with Gasteiger partial charge in [0.15, 0.2) is 11.6 Å².